The summed E-state index contributed by atoms with van der Waals surface area (Å²) in [7, 11) is 2.13. The zero-order valence-electron chi connectivity index (χ0n) is 7.87. The van der Waals surface area contributed by atoms with Crippen molar-refractivity contribution >= 4 is 0 Å². The van der Waals surface area contributed by atoms with E-state index in [0.29, 0.717) is 5.92 Å². The molecule has 2 saturated carbocycles. The number of hydrogen-bond acceptors (Lipinski definition) is 2. The maximum absolute atomic E-state index is 9.65. The standard InChI is InChI=1S/C10H19NO/c1-11(6-8-2-3-8)7-10(12)9-4-5-9/h8-10,12H,2-7H2,1H3. The molecular weight excluding hydrogens is 150 g/mol. The van der Waals surface area contributed by atoms with E-state index in [4.69, 9.17) is 0 Å². The van der Waals surface area contributed by atoms with E-state index in [2.05, 4.69) is 11.9 Å². The molecule has 2 rings (SSSR count). The van der Waals surface area contributed by atoms with E-state index in [1.165, 1.54) is 32.2 Å². The van der Waals surface area contributed by atoms with Gasteiger partial charge in [0.25, 0.3) is 0 Å². The van der Waals surface area contributed by atoms with Crippen molar-refractivity contribution in [2.45, 2.75) is 31.8 Å². The van der Waals surface area contributed by atoms with Crippen molar-refractivity contribution in [3.63, 3.8) is 0 Å². The van der Waals surface area contributed by atoms with Crippen molar-refractivity contribution in [1.82, 2.24) is 4.90 Å². The Morgan fingerprint density at radius 2 is 2.00 bits per heavy atom. The molecule has 0 aromatic carbocycles. The van der Waals surface area contributed by atoms with Crippen LogP contribution in [0.15, 0.2) is 0 Å². The Kier molecular flexibility index (Phi) is 2.37. The van der Waals surface area contributed by atoms with Gasteiger partial charge in [0.15, 0.2) is 0 Å². The number of aliphatic hydroxyl groups is 1. The van der Waals surface area contributed by atoms with Gasteiger partial charge in [0.05, 0.1) is 6.10 Å². The SMILES string of the molecule is CN(CC1CC1)CC(O)C1CC1. The lowest BCUT2D eigenvalue weighted by Crippen LogP contribution is -2.31. The van der Waals surface area contributed by atoms with Gasteiger partial charge < -0.3 is 10.0 Å². The number of hydrogen-bond donors (Lipinski definition) is 1. The minimum atomic E-state index is -0.0475. The van der Waals surface area contributed by atoms with Crippen molar-refractivity contribution in [3.8, 4) is 0 Å². The summed E-state index contributed by atoms with van der Waals surface area (Å²) in [5, 5.41) is 9.65. The largest absolute Gasteiger partial charge is 0.392 e. The second-order valence-corrected chi connectivity index (χ2v) is 4.57. The lowest BCUT2D eigenvalue weighted by atomic mass is 10.2. The summed E-state index contributed by atoms with van der Waals surface area (Å²) in [6, 6.07) is 0. The second kappa shape index (κ2) is 3.35. The molecule has 12 heavy (non-hydrogen) atoms. The van der Waals surface area contributed by atoms with E-state index in [9.17, 15) is 5.11 Å². The smallest absolute Gasteiger partial charge is 0.0695 e. The molecule has 0 aromatic heterocycles. The third-order valence-corrected chi connectivity index (χ3v) is 2.93. The fraction of sp³-hybridized carbons (Fsp3) is 1.00. The van der Waals surface area contributed by atoms with E-state index in [1.807, 2.05) is 0 Å². The zero-order chi connectivity index (χ0) is 8.55. The van der Waals surface area contributed by atoms with Crippen LogP contribution in [0.5, 0.6) is 0 Å². The molecule has 2 heteroatoms. The second-order valence-electron chi connectivity index (χ2n) is 4.57. The predicted octanol–water partition coefficient (Wildman–Crippen LogP) is 1.10. The molecular formula is C10H19NO. The van der Waals surface area contributed by atoms with Crippen LogP contribution in [0.4, 0.5) is 0 Å². The molecule has 0 heterocycles. The Hall–Kier alpha value is -0.0800. The zero-order valence-corrected chi connectivity index (χ0v) is 7.87. The number of rotatable bonds is 5. The van der Waals surface area contributed by atoms with E-state index in [-0.39, 0.29) is 6.10 Å². The third-order valence-electron chi connectivity index (χ3n) is 2.93. The van der Waals surface area contributed by atoms with Crippen LogP contribution in [0.2, 0.25) is 0 Å². The van der Waals surface area contributed by atoms with Crippen LogP contribution in [0.1, 0.15) is 25.7 Å². The highest BCUT2D eigenvalue weighted by atomic mass is 16.3. The van der Waals surface area contributed by atoms with Crippen LogP contribution in [0.25, 0.3) is 0 Å². The van der Waals surface area contributed by atoms with Gasteiger partial charge in [0.1, 0.15) is 0 Å². The molecule has 2 fully saturated rings. The van der Waals surface area contributed by atoms with Gasteiger partial charge in [-0.3, -0.25) is 0 Å². The summed E-state index contributed by atoms with van der Waals surface area (Å²) in [5.41, 5.74) is 0. The van der Waals surface area contributed by atoms with Gasteiger partial charge in [0, 0.05) is 13.1 Å². The average Bonchev–Trinajstić information content (AvgIpc) is 2.83. The monoisotopic (exact) mass is 169 g/mol. The van der Waals surface area contributed by atoms with Crippen molar-refractivity contribution in [2.24, 2.45) is 11.8 Å². The maximum Gasteiger partial charge on any atom is 0.0695 e. The molecule has 0 aromatic rings. The molecule has 0 bridgehead atoms. The summed E-state index contributed by atoms with van der Waals surface area (Å²) < 4.78 is 0. The average molecular weight is 169 g/mol. The third kappa shape index (κ3) is 2.46. The summed E-state index contributed by atoms with van der Waals surface area (Å²) in [6.07, 6.45) is 5.26. The fourth-order valence-corrected chi connectivity index (χ4v) is 1.77. The summed E-state index contributed by atoms with van der Waals surface area (Å²) in [5.74, 6) is 1.58. The van der Waals surface area contributed by atoms with Gasteiger partial charge in [-0.2, -0.15) is 0 Å². The van der Waals surface area contributed by atoms with E-state index in [1.54, 1.807) is 0 Å². The van der Waals surface area contributed by atoms with Crippen molar-refractivity contribution in [1.29, 1.82) is 0 Å². The molecule has 2 aliphatic carbocycles. The van der Waals surface area contributed by atoms with Gasteiger partial charge >= 0.3 is 0 Å². The topological polar surface area (TPSA) is 23.5 Å². The Labute approximate surface area is 74.6 Å². The van der Waals surface area contributed by atoms with Gasteiger partial charge in [-0.1, -0.05) is 0 Å². The number of nitrogens with zero attached hydrogens (tertiary/aromatic N) is 1. The molecule has 0 amide bonds. The van der Waals surface area contributed by atoms with E-state index in [0.717, 1.165) is 12.5 Å². The van der Waals surface area contributed by atoms with Gasteiger partial charge in [-0.05, 0) is 44.6 Å². The maximum atomic E-state index is 9.65. The predicted molar refractivity (Wildman–Crippen MR) is 49.0 cm³/mol. The molecule has 1 atom stereocenters. The molecule has 2 nitrogen and oxygen atoms in total. The van der Waals surface area contributed by atoms with E-state index >= 15 is 0 Å². The fourth-order valence-electron chi connectivity index (χ4n) is 1.77. The van der Waals surface area contributed by atoms with Crippen LogP contribution in [0.3, 0.4) is 0 Å². The lowest BCUT2D eigenvalue weighted by molar-refractivity contribution is 0.105. The highest BCUT2D eigenvalue weighted by molar-refractivity contribution is 4.84. The molecule has 2 aliphatic rings. The molecule has 0 aliphatic heterocycles. The molecule has 0 saturated heterocycles. The van der Waals surface area contributed by atoms with Crippen molar-refractivity contribution in [2.75, 3.05) is 20.1 Å². The van der Waals surface area contributed by atoms with Crippen LogP contribution >= 0.6 is 0 Å². The first kappa shape index (κ1) is 8.52. The normalized spacial score (nSPS) is 26.2. The first-order valence-corrected chi connectivity index (χ1v) is 5.12. The van der Waals surface area contributed by atoms with Crippen LogP contribution < -0.4 is 0 Å². The highest BCUT2D eigenvalue weighted by Gasteiger charge is 2.31. The van der Waals surface area contributed by atoms with Crippen LogP contribution in [-0.2, 0) is 0 Å². The molecule has 1 unspecified atom stereocenters. The van der Waals surface area contributed by atoms with Gasteiger partial charge in [0.2, 0.25) is 0 Å². The molecule has 1 N–H and O–H groups in total. The first-order chi connectivity index (χ1) is 5.75. The van der Waals surface area contributed by atoms with Crippen LogP contribution in [-0.4, -0.2) is 36.2 Å². The summed E-state index contributed by atoms with van der Waals surface area (Å²) >= 11 is 0. The Morgan fingerprint density at radius 3 is 2.50 bits per heavy atom. The van der Waals surface area contributed by atoms with Gasteiger partial charge in [-0.15, -0.1) is 0 Å². The Bertz CT molecular complexity index is 152. The van der Waals surface area contributed by atoms with Crippen molar-refractivity contribution in [3.05, 3.63) is 0 Å². The summed E-state index contributed by atoms with van der Waals surface area (Å²) in [6.45, 7) is 2.09. The minimum absolute atomic E-state index is 0.0475. The number of aliphatic hydroxyl groups excluding tert-OH is 1. The van der Waals surface area contributed by atoms with E-state index < -0.39 is 0 Å². The molecule has 0 spiro atoms. The van der Waals surface area contributed by atoms with Crippen molar-refractivity contribution < 1.29 is 5.11 Å². The summed E-state index contributed by atoms with van der Waals surface area (Å²) in [4.78, 5) is 2.29. The quantitative estimate of drug-likeness (QED) is 0.666. The molecule has 70 valence electrons. The van der Waals surface area contributed by atoms with Gasteiger partial charge in [-0.25, -0.2) is 0 Å². The highest BCUT2D eigenvalue weighted by Crippen LogP contribution is 2.33. The first-order valence-electron chi connectivity index (χ1n) is 5.12. The lowest BCUT2D eigenvalue weighted by Gasteiger charge is -2.19. The minimum Gasteiger partial charge on any atom is -0.392 e. The van der Waals surface area contributed by atoms with Crippen LogP contribution in [0, 0.1) is 11.8 Å². The Balaban J connectivity index is 1.62. The number of likely N-dealkylation sites (N-methyl/N-ethyl adjacent to an activating group) is 1. The molecule has 0 radical (unpaired) electrons. The Morgan fingerprint density at radius 1 is 1.33 bits per heavy atom.